The highest BCUT2D eigenvalue weighted by Crippen LogP contribution is 2.41. The molecule has 1 aliphatic heterocycles. The van der Waals surface area contributed by atoms with Crippen LogP contribution in [0, 0.1) is 5.92 Å². The summed E-state index contributed by atoms with van der Waals surface area (Å²) in [6.45, 7) is 5.16. The van der Waals surface area contributed by atoms with Gasteiger partial charge in [-0.3, -0.25) is 0 Å². The fourth-order valence-electron chi connectivity index (χ4n) is 2.91. The van der Waals surface area contributed by atoms with Gasteiger partial charge < -0.3 is 28.5 Å². The number of nitrogens with zero attached hydrogens (tertiary/aromatic N) is 1. The molecule has 2 aliphatic rings. The van der Waals surface area contributed by atoms with Crippen LogP contribution in [0.1, 0.15) is 26.2 Å². The van der Waals surface area contributed by atoms with Crippen LogP contribution in [0.4, 0.5) is 0 Å². The van der Waals surface area contributed by atoms with Crippen molar-refractivity contribution in [2.75, 3.05) is 20.1 Å². The lowest BCUT2D eigenvalue weighted by atomic mass is 10.1. The zero-order valence-corrected chi connectivity index (χ0v) is 9.67. The van der Waals surface area contributed by atoms with E-state index in [9.17, 15) is 0 Å². The molecule has 0 aromatic rings. The fourth-order valence-corrected chi connectivity index (χ4v) is 2.91. The highest BCUT2D eigenvalue weighted by atomic mass is 127. The molecular weight excluding hydrogens is 249 g/mol. The minimum absolute atomic E-state index is 0. The second kappa shape index (κ2) is 3.21. The second-order valence-corrected chi connectivity index (χ2v) is 4.31. The summed E-state index contributed by atoms with van der Waals surface area (Å²) in [6.07, 6.45) is 4.57. The topological polar surface area (TPSA) is 0 Å². The number of fused-ring (bicyclic) bond motifs is 2. The van der Waals surface area contributed by atoms with Gasteiger partial charge in [-0.15, -0.1) is 0 Å². The van der Waals surface area contributed by atoms with Crippen molar-refractivity contribution in [1.82, 2.24) is 0 Å². The molecule has 2 bridgehead atoms. The van der Waals surface area contributed by atoms with Crippen LogP contribution in [0.3, 0.4) is 0 Å². The molecule has 1 nitrogen and oxygen atoms in total. The monoisotopic (exact) mass is 267 g/mol. The van der Waals surface area contributed by atoms with Gasteiger partial charge in [-0.25, -0.2) is 0 Å². The lowest BCUT2D eigenvalue weighted by Gasteiger charge is -2.37. The van der Waals surface area contributed by atoms with Crippen LogP contribution in [0.2, 0.25) is 0 Å². The zero-order valence-electron chi connectivity index (χ0n) is 7.52. The molecule has 66 valence electrons. The number of piperidine rings is 1. The van der Waals surface area contributed by atoms with Crippen LogP contribution < -0.4 is 24.0 Å². The van der Waals surface area contributed by atoms with Gasteiger partial charge in [0.25, 0.3) is 0 Å². The standard InChI is InChI=1S/C9H18N.HI/c1-3-10(2)7-8-4-5-9(10)6-8;/h8-9H,3-7H2,1-2H3;1H/q+1;/p-1/t8-,9+,10-;/m1./s1. The summed E-state index contributed by atoms with van der Waals surface area (Å²) in [4.78, 5) is 0. The van der Waals surface area contributed by atoms with Crippen molar-refractivity contribution in [3.63, 3.8) is 0 Å². The van der Waals surface area contributed by atoms with Crippen molar-refractivity contribution >= 4 is 0 Å². The quantitative estimate of drug-likeness (QED) is 0.407. The number of quaternary nitrogens is 1. The summed E-state index contributed by atoms with van der Waals surface area (Å²) in [7, 11) is 2.43. The number of hydrogen-bond donors (Lipinski definition) is 0. The summed E-state index contributed by atoms with van der Waals surface area (Å²) in [5, 5.41) is 0. The smallest absolute Gasteiger partial charge is 0.0893 e. The molecule has 0 unspecified atom stereocenters. The molecule has 0 amide bonds. The number of hydrogen-bond acceptors (Lipinski definition) is 0. The van der Waals surface area contributed by atoms with Gasteiger partial charge in [-0.2, -0.15) is 0 Å². The Bertz CT molecular complexity index is 148. The first-order valence-corrected chi connectivity index (χ1v) is 4.59. The van der Waals surface area contributed by atoms with Gasteiger partial charge >= 0.3 is 0 Å². The van der Waals surface area contributed by atoms with Gasteiger partial charge in [-0.05, 0) is 19.8 Å². The van der Waals surface area contributed by atoms with Crippen LogP contribution in [-0.4, -0.2) is 30.7 Å². The molecule has 0 aromatic carbocycles. The van der Waals surface area contributed by atoms with Gasteiger partial charge in [0.1, 0.15) is 0 Å². The number of halogens is 1. The first kappa shape index (κ1) is 9.78. The Morgan fingerprint density at radius 2 is 2.09 bits per heavy atom. The largest absolute Gasteiger partial charge is 1.00 e. The molecule has 0 radical (unpaired) electrons. The average molecular weight is 267 g/mol. The first-order valence-electron chi connectivity index (χ1n) is 4.59. The molecular formula is C9H18IN. The Balaban J connectivity index is 0.000000605. The molecule has 2 heteroatoms. The Kier molecular flexibility index (Phi) is 2.85. The highest BCUT2D eigenvalue weighted by Gasteiger charge is 2.47. The van der Waals surface area contributed by atoms with Crippen molar-refractivity contribution in [3.8, 4) is 0 Å². The first-order chi connectivity index (χ1) is 4.74. The van der Waals surface area contributed by atoms with Gasteiger partial charge in [0.15, 0.2) is 0 Å². The van der Waals surface area contributed by atoms with E-state index in [-0.39, 0.29) is 24.0 Å². The van der Waals surface area contributed by atoms with Crippen LogP contribution in [-0.2, 0) is 0 Å². The van der Waals surface area contributed by atoms with E-state index in [0.29, 0.717) is 0 Å². The second-order valence-electron chi connectivity index (χ2n) is 4.31. The lowest BCUT2D eigenvalue weighted by molar-refractivity contribution is -0.924. The average Bonchev–Trinajstić information content (AvgIpc) is 2.46. The molecule has 3 atom stereocenters. The minimum atomic E-state index is 0. The normalized spacial score (nSPS) is 47.5. The Morgan fingerprint density at radius 1 is 1.36 bits per heavy atom. The van der Waals surface area contributed by atoms with E-state index >= 15 is 0 Å². The van der Waals surface area contributed by atoms with E-state index in [2.05, 4.69) is 14.0 Å². The molecule has 2 fully saturated rings. The van der Waals surface area contributed by atoms with Crippen molar-refractivity contribution in [3.05, 3.63) is 0 Å². The fraction of sp³-hybridized carbons (Fsp3) is 1.00. The van der Waals surface area contributed by atoms with Gasteiger partial charge in [0.2, 0.25) is 0 Å². The molecule has 0 N–H and O–H groups in total. The van der Waals surface area contributed by atoms with Gasteiger partial charge in [0.05, 0.1) is 26.2 Å². The van der Waals surface area contributed by atoms with Crippen LogP contribution in [0.5, 0.6) is 0 Å². The maximum Gasteiger partial charge on any atom is 0.0893 e. The maximum absolute atomic E-state index is 2.43. The summed E-state index contributed by atoms with van der Waals surface area (Å²) in [5.74, 6) is 1.09. The third-order valence-corrected chi connectivity index (χ3v) is 3.79. The SMILES string of the molecule is CC[N@+]1(C)C[C@@H]2CC[C@H]1C2.[I-]. The van der Waals surface area contributed by atoms with E-state index in [1.807, 2.05) is 0 Å². The highest BCUT2D eigenvalue weighted by molar-refractivity contribution is 4.82. The number of rotatable bonds is 1. The van der Waals surface area contributed by atoms with Crippen LogP contribution in [0.15, 0.2) is 0 Å². The molecule has 1 saturated heterocycles. The summed E-state index contributed by atoms with van der Waals surface area (Å²) in [5.41, 5.74) is 0. The molecule has 0 aromatic heterocycles. The van der Waals surface area contributed by atoms with Crippen molar-refractivity contribution < 1.29 is 28.5 Å². The molecule has 11 heavy (non-hydrogen) atoms. The molecule has 1 aliphatic carbocycles. The van der Waals surface area contributed by atoms with Crippen molar-refractivity contribution in [2.24, 2.45) is 5.92 Å². The molecule has 1 heterocycles. The minimum Gasteiger partial charge on any atom is -1.00 e. The predicted molar refractivity (Wildman–Crippen MR) is 42.7 cm³/mol. The molecule has 0 spiro atoms. The molecule has 2 rings (SSSR count). The Hall–Kier alpha value is 0.690. The third-order valence-electron chi connectivity index (χ3n) is 3.79. The van der Waals surface area contributed by atoms with E-state index in [4.69, 9.17) is 0 Å². The van der Waals surface area contributed by atoms with E-state index in [1.165, 1.54) is 36.8 Å². The van der Waals surface area contributed by atoms with Crippen molar-refractivity contribution in [1.29, 1.82) is 0 Å². The zero-order chi connectivity index (χ0) is 7.19. The molecule has 1 saturated carbocycles. The Morgan fingerprint density at radius 3 is 2.36 bits per heavy atom. The van der Waals surface area contributed by atoms with Crippen LogP contribution >= 0.6 is 0 Å². The third kappa shape index (κ3) is 1.44. The maximum atomic E-state index is 2.43. The summed E-state index contributed by atoms with van der Waals surface area (Å²) >= 11 is 0. The van der Waals surface area contributed by atoms with Crippen molar-refractivity contribution in [2.45, 2.75) is 32.2 Å². The van der Waals surface area contributed by atoms with Gasteiger partial charge in [-0.1, -0.05) is 0 Å². The lowest BCUT2D eigenvalue weighted by Crippen LogP contribution is -3.00. The number of likely N-dealkylation sites (tertiary alicyclic amines) is 1. The summed E-state index contributed by atoms with van der Waals surface area (Å²) in [6, 6.07) is 1.04. The van der Waals surface area contributed by atoms with E-state index < -0.39 is 0 Å². The van der Waals surface area contributed by atoms with Crippen LogP contribution in [0.25, 0.3) is 0 Å². The summed E-state index contributed by atoms with van der Waals surface area (Å²) < 4.78 is 1.38. The van der Waals surface area contributed by atoms with E-state index in [0.717, 1.165) is 12.0 Å². The Labute approximate surface area is 86.8 Å². The predicted octanol–water partition coefficient (Wildman–Crippen LogP) is -1.36. The van der Waals surface area contributed by atoms with E-state index in [1.54, 1.807) is 0 Å². The van der Waals surface area contributed by atoms with Gasteiger partial charge in [0, 0.05) is 12.3 Å².